The highest BCUT2D eigenvalue weighted by Gasteiger charge is 2.21. The number of fused-ring (bicyclic) bond motifs is 2. The lowest BCUT2D eigenvalue weighted by Gasteiger charge is -2.22. The number of para-hydroxylation sites is 3. The van der Waals surface area contributed by atoms with Gasteiger partial charge in [-0.25, -0.2) is 4.98 Å². The largest absolute Gasteiger partial charge is 0.292 e. The summed E-state index contributed by atoms with van der Waals surface area (Å²) in [6, 6.07) is 30.4. The second kappa shape index (κ2) is 7.70. The van der Waals surface area contributed by atoms with E-state index in [1.165, 1.54) is 27.6 Å². The van der Waals surface area contributed by atoms with Crippen LogP contribution in [0.25, 0.3) is 38.9 Å². The molecule has 0 fully saturated rings. The summed E-state index contributed by atoms with van der Waals surface area (Å²) < 4.78 is 2.39. The molecular weight excluding hydrogens is 376 g/mol. The van der Waals surface area contributed by atoms with Crippen LogP contribution in [0.5, 0.6) is 0 Å². The first kappa shape index (κ1) is 19.6. The SMILES string of the molecule is CC(C)c1cccc(C(C)C)c1-n1c(-c2ccc3ccccc3c2)nc2ccccc21. The highest BCUT2D eigenvalue weighted by molar-refractivity contribution is 5.89. The number of benzene rings is 4. The summed E-state index contributed by atoms with van der Waals surface area (Å²) in [6.07, 6.45) is 0. The predicted molar refractivity (Wildman–Crippen MR) is 132 cm³/mol. The minimum atomic E-state index is 0.416. The van der Waals surface area contributed by atoms with Crippen molar-refractivity contribution in [3.8, 4) is 17.1 Å². The van der Waals surface area contributed by atoms with Crippen LogP contribution in [0.2, 0.25) is 0 Å². The summed E-state index contributed by atoms with van der Waals surface area (Å²) in [4.78, 5) is 5.13. The molecule has 0 aliphatic rings. The molecule has 5 aromatic rings. The minimum Gasteiger partial charge on any atom is -0.292 e. The molecule has 0 saturated heterocycles. The maximum atomic E-state index is 5.13. The first-order valence-corrected chi connectivity index (χ1v) is 11.1. The molecule has 1 aromatic heterocycles. The van der Waals surface area contributed by atoms with Crippen molar-refractivity contribution in [3.05, 3.63) is 96.1 Å². The van der Waals surface area contributed by atoms with Crippen molar-refractivity contribution in [3.63, 3.8) is 0 Å². The molecule has 0 atom stereocenters. The lowest BCUT2D eigenvalue weighted by molar-refractivity contribution is 0.811. The van der Waals surface area contributed by atoms with Crippen LogP contribution in [-0.4, -0.2) is 9.55 Å². The van der Waals surface area contributed by atoms with Gasteiger partial charge in [0.15, 0.2) is 0 Å². The van der Waals surface area contributed by atoms with E-state index >= 15 is 0 Å². The molecule has 1 heterocycles. The van der Waals surface area contributed by atoms with Crippen LogP contribution in [-0.2, 0) is 0 Å². The number of nitrogens with zero attached hydrogens (tertiary/aromatic N) is 2. The van der Waals surface area contributed by atoms with Gasteiger partial charge in [0, 0.05) is 5.56 Å². The van der Waals surface area contributed by atoms with Gasteiger partial charge in [0.2, 0.25) is 0 Å². The zero-order valence-electron chi connectivity index (χ0n) is 18.6. The average molecular weight is 405 g/mol. The number of hydrogen-bond donors (Lipinski definition) is 0. The van der Waals surface area contributed by atoms with Crippen LogP contribution in [0, 0.1) is 0 Å². The number of aromatic nitrogens is 2. The molecule has 0 saturated carbocycles. The Hall–Kier alpha value is -3.39. The Kier molecular flexibility index (Phi) is 4.86. The first-order valence-electron chi connectivity index (χ1n) is 11.1. The van der Waals surface area contributed by atoms with E-state index in [0.29, 0.717) is 11.8 Å². The van der Waals surface area contributed by atoms with Crippen LogP contribution >= 0.6 is 0 Å². The summed E-state index contributed by atoms with van der Waals surface area (Å²) in [6.45, 7) is 9.10. The number of rotatable bonds is 4. The molecule has 0 aliphatic heterocycles. The van der Waals surface area contributed by atoms with Gasteiger partial charge in [-0.1, -0.05) is 94.4 Å². The normalized spacial score (nSPS) is 11.8. The van der Waals surface area contributed by atoms with E-state index in [4.69, 9.17) is 4.98 Å². The van der Waals surface area contributed by atoms with Crippen molar-refractivity contribution < 1.29 is 0 Å². The van der Waals surface area contributed by atoms with Gasteiger partial charge in [0.1, 0.15) is 5.82 Å². The molecule has 4 aromatic carbocycles. The molecule has 0 amide bonds. The smallest absolute Gasteiger partial charge is 0.145 e. The maximum absolute atomic E-state index is 5.13. The third-order valence-electron chi connectivity index (χ3n) is 6.13. The zero-order chi connectivity index (χ0) is 21.5. The fourth-order valence-electron chi connectivity index (χ4n) is 4.54. The standard InChI is InChI=1S/C29H28N2/c1-19(2)24-12-9-13-25(20(3)4)28(24)31-27-15-8-7-14-26(27)30-29(31)23-17-16-21-10-5-6-11-22(21)18-23/h5-20H,1-4H3. The number of hydrogen-bond acceptors (Lipinski definition) is 1. The van der Waals surface area contributed by atoms with Crippen molar-refractivity contribution >= 4 is 21.8 Å². The Bertz CT molecular complexity index is 1360. The van der Waals surface area contributed by atoms with Gasteiger partial charge in [0.05, 0.1) is 16.7 Å². The monoisotopic (exact) mass is 404 g/mol. The maximum Gasteiger partial charge on any atom is 0.145 e. The van der Waals surface area contributed by atoms with E-state index in [0.717, 1.165) is 22.4 Å². The fourth-order valence-corrected chi connectivity index (χ4v) is 4.54. The van der Waals surface area contributed by atoms with Gasteiger partial charge in [-0.3, -0.25) is 4.57 Å². The van der Waals surface area contributed by atoms with E-state index in [1.807, 2.05) is 0 Å². The van der Waals surface area contributed by atoms with Crippen LogP contribution < -0.4 is 0 Å². The van der Waals surface area contributed by atoms with Crippen molar-refractivity contribution in [2.45, 2.75) is 39.5 Å². The van der Waals surface area contributed by atoms with Crippen LogP contribution in [0.3, 0.4) is 0 Å². The van der Waals surface area contributed by atoms with Gasteiger partial charge < -0.3 is 0 Å². The van der Waals surface area contributed by atoms with E-state index in [-0.39, 0.29) is 0 Å². The second-order valence-electron chi connectivity index (χ2n) is 8.92. The van der Waals surface area contributed by atoms with Crippen LogP contribution in [0.15, 0.2) is 84.9 Å². The van der Waals surface area contributed by atoms with E-state index in [2.05, 4.69) is 117 Å². The molecule has 5 rings (SSSR count). The summed E-state index contributed by atoms with van der Waals surface area (Å²) in [7, 11) is 0. The molecule has 154 valence electrons. The highest BCUT2D eigenvalue weighted by atomic mass is 15.1. The molecule has 0 radical (unpaired) electrons. The lowest BCUT2D eigenvalue weighted by Crippen LogP contribution is -2.08. The van der Waals surface area contributed by atoms with Crippen LogP contribution in [0.4, 0.5) is 0 Å². The molecular formula is C29H28N2. The van der Waals surface area contributed by atoms with Gasteiger partial charge in [-0.05, 0) is 51.9 Å². The Morgan fingerprint density at radius 2 is 1.29 bits per heavy atom. The molecule has 0 spiro atoms. The van der Waals surface area contributed by atoms with Gasteiger partial charge >= 0.3 is 0 Å². The quantitative estimate of drug-likeness (QED) is 0.296. The van der Waals surface area contributed by atoms with Gasteiger partial charge in [-0.15, -0.1) is 0 Å². The minimum absolute atomic E-state index is 0.416. The zero-order valence-corrected chi connectivity index (χ0v) is 18.6. The van der Waals surface area contributed by atoms with E-state index in [9.17, 15) is 0 Å². The third-order valence-corrected chi connectivity index (χ3v) is 6.13. The fraction of sp³-hybridized carbons (Fsp3) is 0.207. The third kappa shape index (κ3) is 3.33. The highest BCUT2D eigenvalue weighted by Crippen LogP contribution is 2.37. The summed E-state index contributed by atoms with van der Waals surface area (Å²) in [5, 5.41) is 2.49. The first-order chi connectivity index (χ1) is 15.0. The van der Waals surface area contributed by atoms with Crippen molar-refractivity contribution in [1.29, 1.82) is 0 Å². The topological polar surface area (TPSA) is 17.8 Å². The summed E-state index contributed by atoms with van der Waals surface area (Å²) >= 11 is 0. The van der Waals surface area contributed by atoms with Crippen molar-refractivity contribution in [2.24, 2.45) is 0 Å². The summed E-state index contributed by atoms with van der Waals surface area (Å²) in [5.74, 6) is 1.83. The predicted octanol–water partition coefficient (Wildman–Crippen LogP) is 8.09. The Labute approximate surface area is 184 Å². The molecule has 0 bridgehead atoms. The van der Waals surface area contributed by atoms with E-state index in [1.54, 1.807) is 0 Å². The lowest BCUT2D eigenvalue weighted by atomic mass is 9.92. The van der Waals surface area contributed by atoms with Gasteiger partial charge in [0.25, 0.3) is 0 Å². The molecule has 0 N–H and O–H groups in total. The van der Waals surface area contributed by atoms with E-state index < -0.39 is 0 Å². The summed E-state index contributed by atoms with van der Waals surface area (Å²) in [5.41, 5.74) is 7.32. The molecule has 0 unspecified atom stereocenters. The second-order valence-corrected chi connectivity index (χ2v) is 8.92. The molecule has 2 nitrogen and oxygen atoms in total. The van der Waals surface area contributed by atoms with Crippen molar-refractivity contribution in [2.75, 3.05) is 0 Å². The molecule has 0 aliphatic carbocycles. The van der Waals surface area contributed by atoms with Gasteiger partial charge in [-0.2, -0.15) is 0 Å². The Balaban J connectivity index is 1.89. The Morgan fingerprint density at radius 1 is 0.645 bits per heavy atom. The molecule has 31 heavy (non-hydrogen) atoms. The van der Waals surface area contributed by atoms with Crippen LogP contribution in [0.1, 0.15) is 50.7 Å². The number of imidazole rings is 1. The average Bonchev–Trinajstić information content (AvgIpc) is 3.17. The molecule has 2 heteroatoms. The van der Waals surface area contributed by atoms with Crippen molar-refractivity contribution in [1.82, 2.24) is 9.55 Å². The Morgan fingerprint density at radius 3 is 2.00 bits per heavy atom.